The second-order valence-corrected chi connectivity index (χ2v) is 4.49. The molecule has 0 aromatic heterocycles. The number of ether oxygens (including phenoxy) is 2. The number of hydrogen-bond acceptors (Lipinski definition) is 3. The predicted octanol–water partition coefficient (Wildman–Crippen LogP) is 3.02. The quantitative estimate of drug-likeness (QED) is 0.790. The molecule has 1 aliphatic carbocycles. The molecule has 1 atom stereocenters. The van der Waals surface area contributed by atoms with E-state index < -0.39 is 0 Å². The third-order valence-electron chi connectivity index (χ3n) is 3.62. The van der Waals surface area contributed by atoms with Gasteiger partial charge in [-0.3, -0.25) is 0 Å². The molecule has 3 nitrogen and oxygen atoms in total. The average molecular weight is 254 g/mol. The van der Waals surface area contributed by atoms with Crippen molar-refractivity contribution in [1.29, 1.82) is 0 Å². The van der Waals surface area contributed by atoms with Crippen LogP contribution in [0, 0.1) is 0 Å². The van der Waals surface area contributed by atoms with Gasteiger partial charge in [-0.2, -0.15) is 0 Å². The number of carbonyl (C=O) groups excluding carboxylic acids is 1. The minimum absolute atomic E-state index is 0.257. The summed E-state index contributed by atoms with van der Waals surface area (Å²) in [5.74, 6) is 1.29. The van der Waals surface area contributed by atoms with Gasteiger partial charge in [0.15, 0.2) is 0 Å². The molecule has 0 saturated carbocycles. The standard InChI is InChI=1S/C16H14O3/c1-18-10-6-7-11-13(8-10)12-4-3-5-15(19-2)16(12)14(11)9-17/h3-9,14H,1-2H3. The molecule has 0 saturated heterocycles. The van der Waals surface area contributed by atoms with E-state index in [9.17, 15) is 4.79 Å². The average Bonchev–Trinajstić information content (AvgIpc) is 2.80. The molecule has 96 valence electrons. The SMILES string of the molecule is COc1ccc2c(c1)-c1cccc(OC)c1C2C=O. The predicted molar refractivity (Wildman–Crippen MR) is 72.9 cm³/mol. The topological polar surface area (TPSA) is 35.5 Å². The van der Waals surface area contributed by atoms with Crippen molar-refractivity contribution >= 4 is 6.29 Å². The molecule has 0 radical (unpaired) electrons. The van der Waals surface area contributed by atoms with Crippen molar-refractivity contribution in [3.05, 3.63) is 47.5 Å². The normalized spacial score (nSPS) is 15.6. The molecule has 0 aliphatic heterocycles. The van der Waals surface area contributed by atoms with Crippen LogP contribution in [-0.4, -0.2) is 20.5 Å². The van der Waals surface area contributed by atoms with E-state index in [0.29, 0.717) is 0 Å². The van der Waals surface area contributed by atoms with Gasteiger partial charge in [-0.1, -0.05) is 18.2 Å². The molecule has 0 heterocycles. The largest absolute Gasteiger partial charge is 0.497 e. The smallest absolute Gasteiger partial charge is 0.132 e. The summed E-state index contributed by atoms with van der Waals surface area (Å²) in [4.78, 5) is 11.5. The summed E-state index contributed by atoms with van der Waals surface area (Å²) in [5, 5.41) is 0. The van der Waals surface area contributed by atoms with Crippen LogP contribution in [0.15, 0.2) is 36.4 Å². The number of hydrogen-bond donors (Lipinski definition) is 0. The van der Waals surface area contributed by atoms with E-state index in [-0.39, 0.29) is 5.92 Å². The van der Waals surface area contributed by atoms with Crippen molar-refractivity contribution in [1.82, 2.24) is 0 Å². The summed E-state index contributed by atoms with van der Waals surface area (Å²) in [6.45, 7) is 0. The van der Waals surface area contributed by atoms with Crippen LogP contribution < -0.4 is 9.47 Å². The molecule has 0 amide bonds. The van der Waals surface area contributed by atoms with Crippen LogP contribution in [0.4, 0.5) is 0 Å². The van der Waals surface area contributed by atoms with Crippen LogP contribution in [0.5, 0.6) is 11.5 Å². The maximum absolute atomic E-state index is 11.5. The summed E-state index contributed by atoms with van der Waals surface area (Å²) in [5.41, 5.74) is 4.05. The van der Waals surface area contributed by atoms with E-state index in [0.717, 1.165) is 40.0 Å². The molecule has 19 heavy (non-hydrogen) atoms. The van der Waals surface area contributed by atoms with E-state index in [1.165, 1.54) is 0 Å². The number of benzene rings is 2. The lowest BCUT2D eigenvalue weighted by Crippen LogP contribution is -2.00. The molecule has 0 bridgehead atoms. The molecule has 0 spiro atoms. The number of aldehydes is 1. The Morgan fingerprint density at radius 1 is 1.05 bits per heavy atom. The first-order valence-electron chi connectivity index (χ1n) is 6.10. The first-order valence-corrected chi connectivity index (χ1v) is 6.10. The van der Waals surface area contributed by atoms with Crippen LogP contribution in [0.25, 0.3) is 11.1 Å². The summed E-state index contributed by atoms with van der Waals surface area (Å²) in [6, 6.07) is 11.6. The van der Waals surface area contributed by atoms with Gasteiger partial charge in [-0.15, -0.1) is 0 Å². The van der Waals surface area contributed by atoms with E-state index in [1.807, 2.05) is 36.4 Å². The second kappa shape index (κ2) is 4.43. The molecule has 1 aliphatic rings. The molecule has 2 aromatic rings. The molecule has 1 unspecified atom stereocenters. The maximum atomic E-state index is 11.5. The number of fused-ring (bicyclic) bond motifs is 3. The zero-order valence-electron chi connectivity index (χ0n) is 10.8. The van der Waals surface area contributed by atoms with E-state index in [1.54, 1.807) is 14.2 Å². The third-order valence-corrected chi connectivity index (χ3v) is 3.62. The summed E-state index contributed by atoms with van der Waals surface area (Å²) < 4.78 is 10.6. The van der Waals surface area contributed by atoms with Gasteiger partial charge in [0, 0.05) is 5.56 Å². The Bertz CT molecular complexity index is 646. The van der Waals surface area contributed by atoms with Crippen molar-refractivity contribution in [3.8, 4) is 22.6 Å². The van der Waals surface area contributed by atoms with Crippen LogP contribution in [0.1, 0.15) is 17.0 Å². The van der Waals surface area contributed by atoms with Crippen molar-refractivity contribution in [2.24, 2.45) is 0 Å². The summed E-state index contributed by atoms with van der Waals surface area (Å²) in [7, 11) is 3.27. The molecule has 0 N–H and O–H groups in total. The Balaban J connectivity index is 2.29. The fourth-order valence-corrected chi connectivity index (χ4v) is 2.74. The Hall–Kier alpha value is -2.29. The van der Waals surface area contributed by atoms with Crippen molar-refractivity contribution in [2.75, 3.05) is 14.2 Å². The van der Waals surface area contributed by atoms with E-state index >= 15 is 0 Å². The first kappa shape index (κ1) is 11.8. The Morgan fingerprint density at radius 2 is 1.89 bits per heavy atom. The lowest BCUT2D eigenvalue weighted by atomic mass is 9.98. The van der Waals surface area contributed by atoms with Gasteiger partial charge in [0.05, 0.1) is 20.1 Å². The van der Waals surface area contributed by atoms with E-state index in [2.05, 4.69) is 0 Å². The van der Waals surface area contributed by atoms with Crippen LogP contribution in [0.2, 0.25) is 0 Å². The van der Waals surface area contributed by atoms with Crippen LogP contribution >= 0.6 is 0 Å². The highest BCUT2D eigenvalue weighted by atomic mass is 16.5. The number of methoxy groups -OCH3 is 2. The Morgan fingerprint density at radius 3 is 2.58 bits per heavy atom. The lowest BCUT2D eigenvalue weighted by molar-refractivity contribution is -0.108. The lowest BCUT2D eigenvalue weighted by Gasteiger charge is -2.10. The zero-order chi connectivity index (χ0) is 13.4. The zero-order valence-corrected chi connectivity index (χ0v) is 10.8. The summed E-state index contributed by atoms with van der Waals surface area (Å²) in [6.07, 6.45) is 0.972. The first-order chi connectivity index (χ1) is 9.30. The van der Waals surface area contributed by atoms with Gasteiger partial charge in [-0.05, 0) is 34.9 Å². The number of rotatable bonds is 3. The van der Waals surface area contributed by atoms with Crippen LogP contribution in [-0.2, 0) is 4.79 Å². The second-order valence-electron chi connectivity index (χ2n) is 4.49. The molecule has 3 rings (SSSR count). The highest BCUT2D eigenvalue weighted by molar-refractivity contribution is 5.90. The summed E-state index contributed by atoms with van der Waals surface area (Å²) >= 11 is 0. The maximum Gasteiger partial charge on any atom is 0.132 e. The molecule has 3 heteroatoms. The van der Waals surface area contributed by atoms with Crippen molar-refractivity contribution < 1.29 is 14.3 Å². The fraction of sp³-hybridized carbons (Fsp3) is 0.188. The Kier molecular flexibility index (Phi) is 2.75. The molecular formula is C16H14O3. The highest BCUT2D eigenvalue weighted by Gasteiger charge is 2.31. The highest BCUT2D eigenvalue weighted by Crippen LogP contribution is 2.48. The monoisotopic (exact) mass is 254 g/mol. The molecular weight excluding hydrogens is 240 g/mol. The van der Waals surface area contributed by atoms with Gasteiger partial charge >= 0.3 is 0 Å². The Labute approximate surface area is 111 Å². The molecule has 0 fully saturated rings. The van der Waals surface area contributed by atoms with Gasteiger partial charge in [0.1, 0.15) is 17.8 Å². The van der Waals surface area contributed by atoms with Gasteiger partial charge in [0.2, 0.25) is 0 Å². The fourth-order valence-electron chi connectivity index (χ4n) is 2.74. The van der Waals surface area contributed by atoms with Crippen LogP contribution in [0.3, 0.4) is 0 Å². The van der Waals surface area contributed by atoms with Gasteiger partial charge in [0.25, 0.3) is 0 Å². The van der Waals surface area contributed by atoms with Crippen molar-refractivity contribution in [2.45, 2.75) is 5.92 Å². The number of carbonyl (C=O) groups is 1. The molecule has 2 aromatic carbocycles. The van der Waals surface area contributed by atoms with Gasteiger partial charge in [-0.25, -0.2) is 0 Å². The third kappa shape index (κ3) is 1.62. The van der Waals surface area contributed by atoms with Gasteiger partial charge < -0.3 is 14.3 Å². The minimum atomic E-state index is -0.257. The van der Waals surface area contributed by atoms with Crippen molar-refractivity contribution in [3.63, 3.8) is 0 Å². The minimum Gasteiger partial charge on any atom is -0.497 e. The van der Waals surface area contributed by atoms with E-state index in [4.69, 9.17) is 9.47 Å².